The number of furan rings is 1. The standard InChI is InChI=1S/C11H13Cl2NO2/c12-5-7-14(8-6-13)11(15)4-3-10-2-1-9-16-10/h1-4,9H,5-8H2/b4-3+. The molecule has 0 aliphatic rings. The van der Waals surface area contributed by atoms with Gasteiger partial charge in [-0.3, -0.25) is 4.79 Å². The molecule has 1 amide bonds. The van der Waals surface area contributed by atoms with Gasteiger partial charge in [0.1, 0.15) is 5.76 Å². The monoisotopic (exact) mass is 261 g/mol. The number of carbonyl (C=O) groups is 1. The van der Waals surface area contributed by atoms with Crippen molar-refractivity contribution in [3.8, 4) is 0 Å². The molecule has 16 heavy (non-hydrogen) atoms. The molecule has 88 valence electrons. The minimum absolute atomic E-state index is 0.113. The van der Waals surface area contributed by atoms with Crippen LogP contribution in [0, 0.1) is 0 Å². The molecule has 0 radical (unpaired) electrons. The molecule has 0 unspecified atom stereocenters. The number of hydrogen-bond acceptors (Lipinski definition) is 2. The second-order valence-electron chi connectivity index (χ2n) is 3.05. The Kier molecular flexibility index (Phi) is 6.04. The average molecular weight is 262 g/mol. The van der Waals surface area contributed by atoms with E-state index < -0.39 is 0 Å². The predicted octanol–water partition coefficient (Wildman–Crippen LogP) is 2.60. The number of hydrogen-bond donors (Lipinski definition) is 0. The Hall–Kier alpha value is -0.930. The van der Waals surface area contributed by atoms with Crippen LogP contribution in [0.15, 0.2) is 28.9 Å². The fourth-order valence-electron chi connectivity index (χ4n) is 1.18. The minimum atomic E-state index is -0.113. The quantitative estimate of drug-likeness (QED) is 0.583. The van der Waals surface area contributed by atoms with E-state index in [0.29, 0.717) is 30.6 Å². The highest BCUT2D eigenvalue weighted by atomic mass is 35.5. The van der Waals surface area contributed by atoms with Crippen LogP contribution in [0.25, 0.3) is 6.08 Å². The minimum Gasteiger partial charge on any atom is -0.465 e. The van der Waals surface area contributed by atoms with Crippen molar-refractivity contribution < 1.29 is 9.21 Å². The zero-order chi connectivity index (χ0) is 11.8. The second kappa shape index (κ2) is 7.36. The van der Waals surface area contributed by atoms with Gasteiger partial charge in [0.15, 0.2) is 0 Å². The van der Waals surface area contributed by atoms with E-state index in [1.807, 2.05) is 0 Å². The first-order chi connectivity index (χ1) is 7.77. The first kappa shape index (κ1) is 13.1. The Morgan fingerprint density at radius 2 is 2.06 bits per heavy atom. The molecule has 1 heterocycles. The van der Waals surface area contributed by atoms with E-state index in [9.17, 15) is 4.79 Å². The van der Waals surface area contributed by atoms with Gasteiger partial charge < -0.3 is 9.32 Å². The third-order valence-corrected chi connectivity index (χ3v) is 2.29. The zero-order valence-corrected chi connectivity index (χ0v) is 10.2. The predicted molar refractivity (Wildman–Crippen MR) is 65.8 cm³/mol. The lowest BCUT2D eigenvalue weighted by atomic mass is 10.3. The number of alkyl halides is 2. The molecule has 1 aromatic heterocycles. The van der Waals surface area contributed by atoms with Gasteiger partial charge in [-0.15, -0.1) is 23.2 Å². The van der Waals surface area contributed by atoms with Crippen molar-refractivity contribution in [1.29, 1.82) is 0 Å². The van der Waals surface area contributed by atoms with Crippen LogP contribution in [-0.4, -0.2) is 35.7 Å². The molecule has 0 saturated carbocycles. The van der Waals surface area contributed by atoms with Crippen LogP contribution >= 0.6 is 23.2 Å². The molecular formula is C11H13Cl2NO2. The molecule has 0 saturated heterocycles. The van der Waals surface area contributed by atoms with Crippen LogP contribution in [0.2, 0.25) is 0 Å². The molecule has 0 aliphatic carbocycles. The fraction of sp³-hybridized carbons (Fsp3) is 0.364. The van der Waals surface area contributed by atoms with E-state index >= 15 is 0 Å². The summed E-state index contributed by atoms with van der Waals surface area (Å²) in [5.74, 6) is 1.33. The van der Waals surface area contributed by atoms with E-state index in [-0.39, 0.29) is 5.91 Å². The van der Waals surface area contributed by atoms with E-state index in [2.05, 4.69) is 0 Å². The smallest absolute Gasteiger partial charge is 0.246 e. The summed E-state index contributed by atoms with van der Waals surface area (Å²) < 4.78 is 5.07. The van der Waals surface area contributed by atoms with Crippen molar-refractivity contribution in [3.63, 3.8) is 0 Å². The molecule has 0 aliphatic heterocycles. The van der Waals surface area contributed by atoms with Crippen LogP contribution in [0.3, 0.4) is 0 Å². The topological polar surface area (TPSA) is 33.5 Å². The van der Waals surface area contributed by atoms with Gasteiger partial charge in [0.05, 0.1) is 6.26 Å². The Morgan fingerprint density at radius 1 is 1.38 bits per heavy atom. The van der Waals surface area contributed by atoms with Crippen molar-refractivity contribution in [1.82, 2.24) is 4.90 Å². The molecule has 0 aromatic carbocycles. The van der Waals surface area contributed by atoms with Gasteiger partial charge >= 0.3 is 0 Å². The van der Waals surface area contributed by atoms with E-state index in [1.54, 1.807) is 29.4 Å². The van der Waals surface area contributed by atoms with Crippen LogP contribution in [0.1, 0.15) is 5.76 Å². The third kappa shape index (κ3) is 4.29. The van der Waals surface area contributed by atoms with Gasteiger partial charge in [-0.2, -0.15) is 0 Å². The summed E-state index contributed by atoms with van der Waals surface area (Å²) in [6.45, 7) is 0.991. The number of amides is 1. The highest BCUT2D eigenvalue weighted by molar-refractivity contribution is 6.18. The zero-order valence-electron chi connectivity index (χ0n) is 8.73. The van der Waals surface area contributed by atoms with Crippen molar-refractivity contribution in [2.75, 3.05) is 24.8 Å². The molecule has 0 atom stereocenters. The van der Waals surface area contributed by atoms with Crippen molar-refractivity contribution in [2.45, 2.75) is 0 Å². The highest BCUT2D eigenvalue weighted by Crippen LogP contribution is 2.03. The maximum absolute atomic E-state index is 11.7. The Morgan fingerprint density at radius 3 is 2.56 bits per heavy atom. The van der Waals surface area contributed by atoms with Crippen LogP contribution in [0.5, 0.6) is 0 Å². The van der Waals surface area contributed by atoms with Gasteiger partial charge in [-0.1, -0.05) is 0 Å². The summed E-state index contributed by atoms with van der Waals surface area (Å²) in [5, 5.41) is 0. The average Bonchev–Trinajstić information content (AvgIpc) is 2.78. The van der Waals surface area contributed by atoms with Gasteiger partial charge in [0, 0.05) is 30.9 Å². The molecule has 1 aromatic rings. The lowest BCUT2D eigenvalue weighted by molar-refractivity contribution is -0.125. The SMILES string of the molecule is O=C(/C=C/c1ccco1)N(CCCl)CCCl. The maximum atomic E-state index is 11.7. The lowest BCUT2D eigenvalue weighted by Gasteiger charge is -2.18. The summed E-state index contributed by atoms with van der Waals surface area (Å²) in [6, 6.07) is 3.54. The van der Waals surface area contributed by atoms with Crippen LogP contribution in [-0.2, 0) is 4.79 Å². The van der Waals surface area contributed by atoms with E-state index in [1.165, 1.54) is 6.08 Å². The first-order valence-corrected chi connectivity index (χ1v) is 5.97. The molecule has 5 heteroatoms. The summed E-state index contributed by atoms with van der Waals surface area (Å²) >= 11 is 11.2. The number of nitrogens with zero attached hydrogens (tertiary/aromatic N) is 1. The summed E-state index contributed by atoms with van der Waals surface area (Å²) in [4.78, 5) is 13.3. The Balaban J connectivity index is 2.54. The largest absolute Gasteiger partial charge is 0.465 e. The summed E-state index contributed by atoms with van der Waals surface area (Å²) in [6.07, 6.45) is 4.63. The van der Waals surface area contributed by atoms with Gasteiger partial charge in [0.2, 0.25) is 5.91 Å². The van der Waals surface area contributed by atoms with Gasteiger partial charge in [-0.05, 0) is 18.2 Å². The Bertz CT molecular complexity index is 330. The second-order valence-corrected chi connectivity index (χ2v) is 3.81. The van der Waals surface area contributed by atoms with E-state index in [4.69, 9.17) is 27.6 Å². The summed E-state index contributed by atoms with van der Waals surface area (Å²) in [5.41, 5.74) is 0. The van der Waals surface area contributed by atoms with Crippen molar-refractivity contribution in [3.05, 3.63) is 30.2 Å². The molecule has 0 N–H and O–H groups in total. The highest BCUT2D eigenvalue weighted by Gasteiger charge is 2.08. The molecule has 3 nitrogen and oxygen atoms in total. The van der Waals surface area contributed by atoms with Crippen molar-refractivity contribution in [2.24, 2.45) is 0 Å². The number of carbonyl (C=O) groups excluding carboxylic acids is 1. The molecular weight excluding hydrogens is 249 g/mol. The number of halogens is 2. The summed E-state index contributed by atoms with van der Waals surface area (Å²) in [7, 11) is 0. The van der Waals surface area contributed by atoms with Gasteiger partial charge in [0.25, 0.3) is 0 Å². The first-order valence-electron chi connectivity index (χ1n) is 4.90. The van der Waals surface area contributed by atoms with E-state index in [0.717, 1.165) is 0 Å². The molecule has 0 bridgehead atoms. The molecule has 0 fully saturated rings. The lowest BCUT2D eigenvalue weighted by Crippen LogP contribution is -2.33. The normalized spacial score (nSPS) is 10.9. The maximum Gasteiger partial charge on any atom is 0.246 e. The third-order valence-electron chi connectivity index (χ3n) is 1.95. The Labute approximate surface area is 105 Å². The van der Waals surface area contributed by atoms with Crippen molar-refractivity contribution >= 4 is 35.2 Å². The number of rotatable bonds is 6. The fourth-order valence-corrected chi connectivity index (χ4v) is 1.59. The van der Waals surface area contributed by atoms with Crippen LogP contribution < -0.4 is 0 Å². The molecule has 0 spiro atoms. The van der Waals surface area contributed by atoms with Gasteiger partial charge in [-0.25, -0.2) is 0 Å². The van der Waals surface area contributed by atoms with Crippen LogP contribution in [0.4, 0.5) is 0 Å². The molecule has 1 rings (SSSR count).